The van der Waals surface area contributed by atoms with Gasteiger partial charge >= 0.3 is 24.3 Å². The fraction of sp³-hybridized carbons (Fsp3) is 0.786. The first-order valence-corrected chi connectivity index (χ1v) is 7.24. The molecular weight excluding hydrogens is 302 g/mol. The normalized spacial score (nSPS) is 36.4. The van der Waals surface area contributed by atoms with E-state index in [-0.39, 0.29) is 23.7 Å². The fourth-order valence-corrected chi connectivity index (χ4v) is 3.65. The zero-order chi connectivity index (χ0) is 16.0. The molecule has 0 aromatic heterocycles. The lowest BCUT2D eigenvalue weighted by Gasteiger charge is -2.26. The molecule has 122 valence electrons. The summed E-state index contributed by atoms with van der Waals surface area (Å²) < 4.78 is 39.0. The Bertz CT molecular complexity index is 508. The van der Waals surface area contributed by atoms with Gasteiger partial charge in [-0.3, -0.25) is 9.59 Å². The van der Waals surface area contributed by atoms with Crippen molar-refractivity contribution in [2.75, 3.05) is 6.61 Å². The molecule has 0 spiro atoms. The van der Waals surface area contributed by atoms with Crippen LogP contribution >= 0.6 is 0 Å². The first kappa shape index (κ1) is 15.2. The van der Waals surface area contributed by atoms with Crippen molar-refractivity contribution in [1.82, 2.24) is 0 Å². The summed E-state index contributed by atoms with van der Waals surface area (Å²) >= 11 is 0. The first-order chi connectivity index (χ1) is 10.4. The van der Waals surface area contributed by atoms with Gasteiger partial charge in [0.2, 0.25) is 0 Å². The molecule has 1 heterocycles. The lowest BCUT2D eigenvalue weighted by atomic mass is 9.88. The highest BCUT2D eigenvalue weighted by Gasteiger charge is 2.63. The summed E-state index contributed by atoms with van der Waals surface area (Å²) in [6, 6.07) is 0. The number of carbonyl (C=O) groups is 3. The molecule has 8 heteroatoms. The van der Waals surface area contributed by atoms with Crippen molar-refractivity contribution in [3.05, 3.63) is 0 Å². The zero-order valence-electron chi connectivity index (χ0n) is 11.9. The Kier molecular flexibility index (Phi) is 3.78. The molecule has 6 nitrogen and oxygen atoms in total. The van der Waals surface area contributed by atoms with Gasteiger partial charge in [0.15, 0.2) is 0 Å². The largest absolute Gasteiger partial charge is 0.461 e. The summed E-state index contributed by atoms with van der Waals surface area (Å²) in [4.78, 5) is 34.3. The minimum absolute atomic E-state index is 0.0747. The fourth-order valence-electron chi connectivity index (χ4n) is 3.65. The molecule has 3 rings (SSSR count). The summed E-state index contributed by atoms with van der Waals surface area (Å²) in [5, 5.41) is 0. The number of fused-ring (bicyclic) bond motifs is 1. The van der Waals surface area contributed by atoms with Crippen LogP contribution in [0.25, 0.3) is 0 Å². The molecule has 0 aromatic rings. The number of halogens is 2. The van der Waals surface area contributed by atoms with Crippen LogP contribution in [0.1, 0.15) is 19.8 Å². The Morgan fingerprint density at radius 1 is 1.32 bits per heavy atom. The highest BCUT2D eigenvalue weighted by molar-refractivity contribution is 5.78. The first-order valence-electron chi connectivity index (χ1n) is 7.24. The standard InChI is InChI=1S/C14H16F2O6/c1-5(4-20-14(19)11(15)16)12(17)21-9-6-2-7-8(3-6)13(18)22-10(7)9/h5-11H,2-4H2,1H3. The van der Waals surface area contributed by atoms with Gasteiger partial charge in [0, 0.05) is 11.8 Å². The van der Waals surface area contributed by atoms with Crippen molar-refractivity contribution in [2.45, 2.75) is 38.4 Å². The molecule has 1 aliphatic heterocycles. The Labute approximate surface area is 125 Å². The summed E-state index contributed by atoms with van der Waals surface area (Å²) in [5.74, 6) is -3.24. The third-order valence-electron chi connectivity index (χ3n) is 4.72. The van der Waals surface area contributed by atoms with Gasteiger partial charge in [-0.2, -0.15) is 8.78 Å². The average molecular weight is 318 g/mol. The predicted molar refractivity (Wildman–Crippen MR) is 65.6 cm³/mol. The Morgan fingerprint density at radius 3 is 2.73 bits per heavy atom. The smallest absolute Gasteiger partial charge is 0.373 e. The molecule has 3 aliphatic rings. The van der Waals surface area contributed by atoms with Gasteiger partial charge in [0.1, 0.15) is 18.8 Å². The van der Waals surface area contributed by atoms with E-state index >= 15 is 0 Å². The van der Waals surface area contributed by atoms with Gasteiger partial charge in [-0.05, 0) is 19.8 Å². The molecular formula is C14H16F2O6. The molecule has 6 unspecified atom stereocenters. The van der Waals surface area contributed by atoms with Crippen LogP contribution in [-0.2, 0) is 28.6 Å². The van der Waals surface area contributed by atoms with Crippen LogP contribution in [0.15, 0.2) is 0 Å². The number of hydrogen-bond donors (Lipinski definition) is 0. The molecule has 0 amide bonds. The van der Waals surface area contributed by atoms with Crippen LogP contribution in [0.2, 0.25) is 0 Å². The molecule has 0 radical (unpaired) electrons. The van der Waals surface area contributed by atoms with Crippen LogP contribution < -0.4 is 0 Å². The number of ether oxygens (including phenoxy) is 3. The van der Waals surface area contributed by atoms with Crippen LogP contribution in [-0.4, -0.2) is 43.1 Å². The van der Waals surface area contributed by atoms with Gasteiger partial charge in [0.05, 0.1) is 11.8 Å². The lowest BCUT2D eigenvalue weighted by molar-refractivity contribution is -0.170. The van der Waals surface area contributed by atoms with E-state index in [1.807, 2.05) is 0 Å². The van der Waals surface area contributed by atoms with E-state index in [4.69, 9.17) is 9.47 Å². The highest BCUT2D eigenvalue weighted by Crippen LogP contribution is 2.55. The second-order valence-corrected chi connectivity index (χ2v) is 6.14. The Balaban J connectivity index is 1.52. The maximum absolute atomic E-state index is 12.0. The van der Waals surface area contributed by atoms with Gasteiger partial charge < -0.3 is 14.2 Å². The molecule has 22 heavy (non-hydrogen) atoms. The molecule has 2 bridgehead atoms. The van der Waals surface area contributed by atoms with E-state index in [0.717, 1.165) is 6.42 Å². The van der Waals surface area contributed by atoms with Crippen LogP contribution in [0.4, 0.5) is 8.78 Å². The van der Waals surface area contributed by atoms with E-state index < -0.39 is 43.1 Å². The van der Waals surface area contributed by atoms with Crippen molar-refractivity contribution in [3.8, 4) is 0 Å². The molecule has 6 atom stereocenters. The van der Waals surface area contributed by atoms with Crippen molar-refractivity contribution in [1.29, 1.82) is 0 Å². The van der Waals surface area contributed by atoms with Gasteiger partial charge in [-0.25, -0.2) is 4.79 Å². The summed E-state index contributed by atoms with van der Waals surface area (Å²) in [5.41, 5.74) is 0. The van der Waals surface area contributed by atoms with Crippen molar-refractivity contribution in [2.24, 2.45) is 23.7 Å². The maximum atomic E-state index is 12.0. The number of hydrogen-bond acceptors (Lipinski definition) is 6. The minimum Gasteiger partial charge on any atom is -0.461 e. The SMILES string of the molecule is CC(COC(=O)C(F)F)C(=O)OC1C2CC3C(=O)OC1C3C2. The molecule has 2 aliphatic carbocycles. The molecule has 3 fully saturated rings. The Morgan fingerprint density at radius 2 is 2.05 bits per heavy atom. The topological polar surface area (TPSA) is 78.9 Å². The van der Waals surface area contributed by atoms with Gasteiger partial charge in [-0.15, -0.1) is 0 Å². The summed E-state index contributed by atoms with van der Waals surface area (Å²) in [6.07, 6.45) is -2.63. The van der Waals surface area contributed by atoms with E-state index in [0.29, 0.717) is 6.42 Å². The van der Waals surface area contributed by atoms with E-state index in [9.17, 15) is 23.2 Å². The monoisotopic (exact) mass is 318 g/mol. The molecule has 0 aromatic carbocycles. The van der Waals surface area contributed by atoms with Crippen LogP contribution in [0, 0.1) is 23.7 Å². The van der Waals surface area contributed by atoms with E-state index in [1.54, 1.807) is 0 Å². The second kappa shape index (κ2) is 5.48. The van der Waals surface area contributed by atoms with Crippen LogP contribution in [0.3, 0.4) is 0 Å². The number of rotatable bonds is 5. The summed E-state index contributed by atoms with van der Waals surface area (Å²) in [6.45, 7) is 0.966. The number of esters is 3. The van der Waals surface area contributed by atoms with Crippen LogP contribution in [0.5, 0.6) is 0 Å². The van der Waals surface area contributed by atoms with E-state index in [1.165, 1.54) is 6.92 Å². The van der Waals surface area contributed by atoms with E-state index in [2.05, 4.69) is 4.74 Å². The molecule has 1 saturated heterocycles. The molecule has 2 saturated carbocycles. The van der Waals surface area contributed by atoms with Gasteiger partial charge in [-0.1, -0.05) is 0 Å². The number of carbonyl (C=O) groups excluding carboxylic acids is 3. The minimum atomic E-state index is -3.22. The number of alkyl halides is 2. The third kappa shape index (κ3) is 2.44. The lowest BCUT2D eigenvalue weighted by Crippen LogP contribution is -2.38. The quantitative estimate of drug-likeness (QED) is 0.554. The Hall–Kier alpha value is -1.73. The van der Waals surface area contributed by atoms with Crippen molar-refractivity contribution >= 4 is 17.9 Å². The molecule has 0 N–H and O–H groups in total. The highest BCUT2D eigenvalue weighted by atomic mass is 19.3. The maximum Gasteiger partial charge on any atom is 0.373 e. The second-order valence-electron chi connectivity index (χ2n) is 6.14. The summed E-state index contributed by atoms with van der Waals surface area (Å²) in [7, 11) is 0. The zero-order valence-corrected chi connectivity index (χ0v) is 11.9. The van der Waals surface area contributed by atoms with Crippen molar-refractivity contribution < 1.29 is 37.4 Å². The average Bonchev–Trinajstić information content (AvgIpc) is 3.08. The third-order valence-corrected chi connectivity index (χ3v) is 4.72. The van der Waals surface area contributed by atoms with Gasteiger partial charge in [0.25, 0.3) is 0 Å². The predicted octanol–water partition coefficient (Wildman–Crippen LogP) is 0.924. The van der Waals surface area contributed by atoms with Crippen molar-refractivity contribution in [3.63, 3.8) is 0 Å².